The standard InChI is InChI=1S/C46H53N11O8S/c1-64-39-24-32(29-56-13-3-12-47-56)25-40-42(39)43(49-65-40)50-66(62,63)35-5-2-4-33(26-35)55-22-20-53(21-23-55)30-52-18-16-51(17-19-52)28-31-10-14-54(15-11-31)34-6-7-36-37(27-34)46(61)57(45(36)60)38-8-9-41(58)48-44(38)59/h2-7,12-13,24-27,31,38H,8-11,14-23,28-30H2,1H3,(H,49,50)(H,48,58,59). The number of nitrogens with zero attached hydrogens (tertiary/aromatic N) is 9. The number of piperazine rings is 2. The first kappa shape index (κ1) is 43.5. The van der Waals surface area contributed by atoms with E-state index in [1.165, 1.54) is 7.11 Å². The fourth-order valence-corrected chi connectivity index (χ4v) is 11.0. The summed E-state index contributed by atoms with van der Waals surface area (Å²) in [6.45, 7) is 11.5. The van der Waals surface area contributed by atoms with Crippen LogP contribution in [0.3, 0.4) is 0 Å². The van der Waals surface area contributed by atoms with E-state index in [0.29, 0.717) is 40.3 Å². The molecule has 0 aliphatic carbocycles. The van der Waals surface area contributed by atoms with E-state index in [1.54, 1.807) is 47.3 Å². The molecule has 1 unspecified atom stereocenters. The van der Waals surface area contributed by atoms with Gasteiger partial charge in [-0.3, -0.25) is 48.6 Å². The molecule has 4 amide bonds. The highest BCUT2D eigenvalue weighted by atomic mass is 32.2. The molecule has 1 atom stereocenters. The lowest BCUT2D eigenvalue weighted by Gasteiger charge is -2.42. The molecule has 0 bridgehead atoms. The Bertz CT molecular complexity index is 2760. The first-order valence-corrected chi connectivity index (χ1v) is 24.1. The summed E-state index contributed by atoms with van der Waals surface area (Å²) in [5.74, 6) is -0.889. The Hall–Kier alpha value is -6.35. The van der Waals surface area contributed by atoms with Gasteiger partial charge in [0.05, 0.1) is 36.3 Å². The summed E-state index contributed by atoms with van der Waals surface area (Å²) in [5.41, 5.74) is 3.63. The molecule has 0 saturated carbocycles. The third kappa shape index (κ3) is 8.84. The van der Waals surface area contributed by atoms with Gasteiger partial charge in [-0.25, -0.2) is 8.42 Å². The molecule has 0 radical (unpaired) electrons. The van der Waals surface area contributed by atoms with Gasteiger partial charge in [0.1, 0.15) is 17.2 Å². The van der Waals surface area contributed by atoms with Crippen LogP contribution in [0.15, 0.2) is 82.5 Å². The number of methoxy groups -OCH3 is 1. The fourth-order valence-electron chi connectivity index (χ4n) is 9.96. The van der Waals surface area contributed by atoms with E-state index < -0.39 is 39.7 Å². The van der Waals surface area contributed by atoms with Crippen molar-refractivity contribution in [3.05, 3.63) is 89.7 Å². The largest absolute Gasteiger partial charge is 0.496 e. The van der Waals surface area contributed by atoms with Crippen molar-refractivity contribution in [1.29, 1.82) is 0 Å². The van der Waals surface area contributed by atoms with E-state index in [0.717, 1.165) is 113 Å². The van der Waals surface area contributed by atoms with Crippen molar-refractivity contribution in [1.82, 2.24) is 39.9 Å². The van der Waals surface area contributed by atoms with E-state index in [2.05, 4.69) is 44.8 Å². The number of hydrogen-bond donors (Lipinski definition) is 2. The van der Waals surface area contributed by atoms with Crippen LogP contribution in [0.1, 0.15) is 52.0 Å². The number of anilines is 3. The molecule has 4 fully saturated rings. The zero-order valence-corrected chi connectivity index (χ0v) is 37.6. The van der Waals surface area contributed by atoms with Crippen molar-refractivity contribution in [3.63, 3.8) is 0 Å². The van der Waals surface area contributed by atoms with Crippen LogP contribution in [-0.2, 0) is 26.2 Å². The molecule has 3 aromatic carbocycles. The van der Waals surface area contributed by atoms with Gasteiger partial charge < -0.3 is 24.0 Å². The lowest BCUT2D eigenvalue weighted by molar-refractivity contribution is -0.136. The first-order chi connectivity index (χ1) is 32.0. The van der Waals surface area contributed by atoms with E-state index in [-0.39, 0.29) is 23.6 Å². The van der Waals surface area contributed by atoms with Gasteiger partial charge in [0.15, 0.2) is 11.4 Å². The summed E-state index contributed by atoms with van der Waals surface area (Å²) in [5, 5.41) is 11.0. The van der Waals surface area contributed by atoms with Gasteiger partial charge in [0, 0.05) is 102 Å². The van der Waals surface area contributed by atoms with Crippen molar-refractivity contribution in [3.8, 4) is 5.75 Å². The second-order valence-electron chi connectivity index (χ2n) is 17.8. The Morgan fingerprint density at radius 2 is 1.50 bits per heavy atom. The highest BCUT2D eigenvalue weighted by molar-refractivity contribution is 7.92. The van der Waals surface area contributed by atoms with Crippen LogP contribution in [0.25, 0.3) is 11.0 Å². The molecule has 5 aliphatic heterocycles. The van der Waals surface area contributed by atoms with Crippen molar-refractivity contribution in [2.24, 2.45) is 5.92 Å². The summed E-state index contributed by atoms with van der Waals surface area (Å²) >= 11 is 0. The summed E-state index contributed by atoms with van der Waals surface area (Å²) in [7, 11) is -2.49. The van der Waals surface area contributed by atoms with E-state index in [1.807, 2.05) is 30.5 Å². The molecule has 10 rings (SSSR count). The number of carbonyl (C=O) groups is 4. The maximum Gasteiger partial charge on any atom is 0.263 e. The summed E-state index contributed by atoms with van der Waals surface area (Å²) in [4.78, 5) is 63.9. The third-order valence-electron chi connectivity index (χ3n) is 13.6. The topological polar surface area (TPSA) is 199 Å². The maximum atomic E-state index is 13.7. The quantitative estimate of drug-likeness (QED) is 0.163. The molecule has 346 valence electrons. The van der Waals surface area contributed by atoms with Gasteiger partial charge in [-0.1, -0.05) is 11.2 Å². The second-order valence-corrected chi connectivity index (χ2v) is 19.5. The minimum atomic E-state index is -4.01. The highest BCUT2D eigenvalue weighted by Crippen LogP contribution is 2.36. The van der Waals surface area contributed by atoms with Gasteiger partial charge in [0.25, 0.3) is 21.8 Å². The average molecular weight is 920 g/mol. The number of piperidine rings is 2. The fraction of sp³-hybridized carbons (Fsp3) is 0.435. The molecular weight excluding hydrogens is 867 g/mol. The number of fused-ring (bicyclic) bond motifs is 2. The minimum Gasteiger partial charge on any atom is -0.496 e. The smallest absolute Gasteiger partial charge is 0.263 e. The van der Waals surface area contributed by atoms with Crippen molar-refractivity contribution >= 4 is 61.8 Å². The van der Waals surface area contributed by atoms with E-state index in [9.17, 15) is 27.6 Å². The lowest BCUT2D eigenvalue weighted by atomic mass is 9.95. The van der Waals surface area contributed by atoms with Crippen LogP contribution in [0, 0.1) is 5.92 Å². The van der Waals surface area contributed by atoms with Gasteiger partial charge in [0.2, 0.25) is 11.8 Å². The number of imide groups is 2. The molecule has 4 saturated heterocycles. The SMILES string of the molecule is COc1cc(Cn2cccn2)cc2onc(NS(=O)(=O)c3cccc(N4CCN(CN5CCN(CC6CCN(c7ccc8c(c7)C(=O)N(C7CCC(=O)NC7=O)C8=O)CC6)CC5)CC4)c3)c12. The molecule has 5 aliphatic rings. The molecule has 7 heterocycles. The van der Waals surface area contributed by atoms with Gasteiger partial charge in [-0.15, -0.1) is 0 Å². The van der Waals surface area contributed by atoms with Gasteiger partial charge >= 0.3 is 0 Å². The van der Waals surface area contributed by atoms with Crippen LogP contribution in [0.4, 0.5) is 17.2 Å². The monoisotopic (exact) mass is 919 g/mol. The van der Waals surface area contributed by atoms with Crippen molar-refractivity contribution in [2.45, 2.75) is 43.2 Å². The van der Waals surface area contributed by atoms with Crippen molar-refractivity contribution in [2.75, 3.05) is 100 Å². The third-order valence-corrected chi connectivity index (χ3v) is 14.9. The van der Waals surface area contributed by atoms with Crippen LogP contribution < -0.4 is 24.6 Å². The Morgan fingerprint density at radius 1 is 0.788 bits per heavy atom. The highest BCUT2D eigenvalue weighted by Gasteiger charge is 2.45. The van der Waals surface area contributed by atoms with Crippen molar-refractivity contribution < 1.29 is 36.9 Å². The molecule has 19 nitrogen and oxygen atoms in total. The number of sulfonamides is 1. The average Bonchev–Trinajstić information content (AvgIpc) is 4.05. The Morgan fingerprint density at radius 3 is 2.23 bits per heavy atom. The van der Waals surface area contributed by atoms with E-state index in [4.69, 9.17) is 9.26 Å². The number of aromatic nitrogens is 3. The number of carbonyl (C=O) groups excluding carboxylic acids is 4. The number of benzene rings is 3. The number of ether oxygens (including phenoxy) is 1. The van der Waals surface area contributed by atoms with Gasteiger partial charge in [-0.2, -0.15) is 5.10 Å². The van der Waals surface area contributed by atoms with Crippen LogP contribution >= 0.6 is 0 Å². The van der Waals surface area contributed by atoms with E-state index >= 15 is 0 Å². The Balaban J connectivity index is 0.666. The number of rotatable bonds is 13. The summed E-state index contributed by atoms with van der Waals surface area (Å²) in [6.07, 6.45) is 5.85. The van der Waals surface area contributed by atoms with Crippen LogP contribution in [-0.4, -0.2) is 158 Å². The Kier molecular flexibility index (Phi) is 12.0. The van der Waals surface area contributed by atoms with Crippen LogP contribution in [0.5, 0.6) is 5.75 Å². The number of amides is 4. The normalized spacial score (nSPS) is 20.6. The van der Waals surface area contributed by atoms with Crippen LogP contribution in [0.2, 0.25) is 0 Å². The zero-order chi connectivity index (χ0) is 45.5. The predicted molar refractivity (Wildman–Crippen MR) is 244 cm³/mol. The summed E-state index contributed by atoms with van der Waals surface area (Å²) in [6, 6.07) is 16.9. The van der Waals surface area contributed by atoms with Gasteiger partial charge in [-0.05, 0) is 85.3 Å². The second kappa shape index (κ2) is 18.1. The molecular formula is C46H53N11O8S. The maximum absolute atomic E-state index is 13.7. The minimum absolute atomic E-state index is 0.0607. The first-order valence-electron chi connectivity index (χ1n) is 22.6. The number of nitrogens with one attached hydrogen (secondary N) is 2. The molecule has 5 aromatic rings. The zero-order valence-electron chi connectivity index (χ0n) is 36.8. The number of hydrogen-bond acceptors (Lipinski definition) is 15. The summed E-state index contributed by atoms with van der Waals surface area (Å²) < 4.78 is 43.0. The molecule has 2 N–H and O–H groups in total. The molecule has 2 aromatic heterocycles. The predicted octanol–water partition coefficient (Wildman–Crippen LogP) is 2.90. The molecule has 0 spiro atoms. The Labute approximate surface area is 382 Å². The molecule has 20 heteroatoms. The molecule has 66 heavy (non-hydrogen) atoms. The lowest BCUT2D eigenvalue weighted by Crippen LogP contribution is -2.54.